The highest BCUT2D eigenvalue weighted by Gasteiger charge is 2.14. The zero-order chi connectivity index (χ0) is 24.9. The standard InChI is InChI=1S/C28H29N7O/c1-3-5-26(36)31-22-12-13-29-25(18-22)24-7-4-6-20-19-30-28(33-27(20)24)32-21-8-10-23(11-9-21)35-16-14-34(2)15-17-35/h3-13,18-19H,14-17H2,1-2H3,(H,29,31,36)(H,30,32,33)/b5-3-. The fourth-order valence-corrected chi connectivity index (χ4v) is 4.26. The van der Waals surface area contributed by atoms with Gasteiger partial charge in [-0.2, -0.15) is 0 Å². The Morgan fingerprint density at radius 2 is 1.78 bits per heavy atom. The maximum absolute atomic E-state index is 12.0. The Hall–Kier alpha value is -4.30. The Balaban J connectivity index is 1.38. The number of allylic oxidation sites excluding steroid dienone is 1. The average molecular weight is 480 g/mol. The summed E-state index contributed by atoms with van der Waals surface area (Å²) in [6, 6.07) is 17.9. The molecule has 1 amide bonds. The van der Waals surface area contributed by atoms with Gasteiger partial charge in [0.25, 0.3) is 0 Å². The van der Waals surface area contributed by atoms with E-state index in [0.717, 1.165) is 54.0 Å². The molecule has 182 valence electrons. The number of piperazine rings is 1. The van der Waals surface area contributed by atoms with Gasteiger partial charge in [-0.25, -0.2) is 9.97 Å². The maximum Gasteiger partial charge on any atom is 0.248 e. The maximum atomic E-state index is 12.0. The van der Waals surface area contributed by atoms with Gasteiger partial charge in [0.2, 0.25) is 11.9 Å². The Morgan fingerprint density at radius 3 is 2.56 bits per heavy atom. The Kier molecular flexibility index (Phi) is 6.86. The number of carbonyl (C=O) groups is 1. The SMILES string of the molecule is C/C=C\C(=O)Nc1ccnc(-c2cccc3cnc(Nc4ccc(N5CCN(C)CC5)cc4)nc23)c1. The van der Waals surface area contributed by atoms with Crippen LogP contribution in [0.4, 0.5) is 23.0 Å². The van der Waals surface area contributed by atoms with Crippen LogP contribution in [-0.2, 0) is 4.79 Å². The quantitative estimate of drug-likeness (QED) is 0.388. The molecule has 3 heterocycles. The van der Waals surface area contributed by atoms with Crippen LogP contribution in [0.25, 0.3) is 22.2 Å². The van der Waals surface area contributed by atoms with E-state index < -0.39 is 0 Å². The van der Waals surface area contributed by atoms with Crippen LogP contribution in [0.3, 0.4) is 0 Å². The van der Waals surface area contributed by atoms with Gasteiger partial charge in [0.05, 0.1) is 11.2 Å². The number of nitrogens with one attached hydrogen (secondary N) is 2. The van der Waals surface area contributed by atoms with E-state index in [9.17, 15) is 4.79 Å². The van der Waals surface area contributed by atoms with Gasteiger partial charge in [-0.15, -0.1) is 0 Å². The molecule has 1 aliphatic heterocycles. The lowest BCUT2D eigenvalue weighted by Crippen LogP contribution is -2.44. The van der Waals surface area contributed by atoms with Crippen LogP contribution in [0.1, 0.15) is 6.92 Å². The molecule has 36 heavy (non-hydrogen) atoms. The van der Waals surface area contributed by atoms with Crippen molar-refractivity contribution in [2.75, 3.05) is 48.8 Å². The van der Waals surface area contributed by atoms with Gasteiger partial charge in [0.15, 0.2) is 0 Å². The lowest BCUT2D eigenvalue weighted by atomic mass is 10.1. The highest BCUT2D eigenvalue weighted by atomic mass is 16.1. The highest BCUT2D eigenvalue weighted by Crippen LogP contribution is 2.28. The van der Waals surface area contributed by atoms with Gasteiger partial charge in [0.1, 0.15) is 0 Å². The van der Waals surface area contributed by atoms with E-state index in [2.05, 4.69) is 61.7 Å². The Labute approximate surface area is 210 Å². The third kappa shape index (κ3) is 5.34. The molecule has 0 saturated carbocycles. The van der Waals surface area contributed by atoms with Crippen LogP contribution in [0.15, 0.2) is 79.1 Å². The van der Waals surface area contributed by atoms with Crippen molar-refractivity contribution in [1.82, 2.24) is 19.9 Å². The van der Waals surface area contributed by atoms with E-state index in [0.29, 0.717) is 11.6 Å². The number of pyridine rings is 1. The molecule has 0 radical (unpaired) electrons. The molecular weight excluding hydrogens is 450 g/mol. The summed E-state index contributed by atoms with van der Waals surface area (Å²) in [6.07, 6.45) is 6.68. The predicted molar refractivity (Wildman–Crippen MR) is 146 cm³/mol. The number of likely N-dealkylation sites (N-methyl/N-ethyl adjacent to an activating group) is 1. The van der Waals surface area contributed by atoms with Crippen molar-refractivity contribution in [2.24, 2.45) is 0 Å². The lowest BCUT2D eigenvalue weighted by Gasteiger charge is -2.34. The van der Waals surface area contributed by atoms with Gasteiger partial charge in [-0.1, -0.05) is 24.3 Å². The summed E-state index contributed by atoms with van der Waals surface area (Å²) in [5, 5.41) is 7.10. The monoisotopic (exact) mass is 479 g/mol. The molecule has 0 aliphatic carbocycles. The molecule has 1 saturated heterocycles. The van der Waals surface area contributed by atoms with Crippen LogP contribution in [0.5, 0.6) is 0 Å². The molecule has 0 atom stereocenters. The van der Waals surface area contributed by atoms with E-state index in [-0.39, 0.29) is 5.91 Å². The zero-order valence-electron chi connectivity index (χ0n) is 20.5. The van der Waals surface area contributed by atoms with Crippen molar-refractivity contribution in [3.05, 3.63) is 79.1 Å². The molecular formula is C28H29N7O. The van der Waals surface area contributed by atoms with Gasteiger partial charge in [0, 0.05) is 66.6 Å². The first-order valence-electron chi connectivity index (χ1n) is 12.1. The molecule has 0 unspecified atom stereocenters. The first-order chi connectivity index (χ1) is 17.6. The molecule has 1 aliphatic rings. The third-order valence-corrected chi connectivity index (χ3v) is 6.22. The number of hydrogen-bond donors (Lipinski definition) is 2. The van der Waals surface area contributed by atoms with Crippen LogP contribution in [-0.4, -0.2) is 59.0 Å². The Morgan fingerprint density at radius 1 is 0.972 bits per heavy atom. The first kappa shape index (κ1) is 23.4. The number of para-hydroxylation sites is 1. The minimum absolute atomic E-state index is 0.181. The molecule has 8 heteroatoms. The van der Waals surface area contributed by atoms with Gasteiger partial charge < -0.3 is 20.4 Å². The number of fused-ring (bicyclic) bond motifs is 1. The number of nitrogens with zero attached hydrogens (tertiary/aromatic N) is 5. The second-order valence-electron chi connectivity index (χ2n) is 8.82. The highest BCUT2D eigenvalue weighted by molar-refractivity contribution is 6.00. The first-order valence-corrected chi connectivity index (χ1v) is 12.1. The number of benzene rings is 2. The van der Waals surface area contributed by atoms with Gasteiger partial charge in [-0.3, -0.25) is 9.78 Å². The van der Waals surface area contributed by atoms with Gasteiger partial charge in [-0.05, 0) is 56.4 Å². The number of aromatic nitrogens is 3. The molecule has 0 bridgehead atoms. The van der Waals surface area contributed by atoms with E-state index in [1.165, 1.54) is 11.8 Å². The van der Waals surface area contributed by atoms with E-state index >= 15 is 0 Å². The van der Waals surface area contributed by atoms with Crippen LogP contribution in [0.2, 0.25) is 0 Å². The lowest BCUT2D eigenvalue weighted by molar-refractivity contribution is -0.111. The fraction of sp³-hybridized carbons (Fsp3) is 0.214. The molecule has 0 spiro atoms. The van der Waals surface area contributed by atoms with E-state index in [4.69, 9.17) is 4.98 Å². The molecule has 2 N–H and O–H groups in total. The van der Waals surface area contributed by atoms with Crippen LogP contribution < -0.4 is 15.5 Å². The molecule has 4 aromatic rings. The molecule has 2 aromatic carbocycles. The largest absolute Gasteiger partial charge is 0.369 e. The van der Waals surface area contributed by atoms with Crippen molar-refractivity contribution < 1.29 is 4.79 Å². The summed E-state index contributed by atoms with van der Waals surface area (Å²) in [4.78, 5) is 30.6. The Bertz CT molecular complexity index is 1390. The molecule has 8 nitrogen and oxygen atoms in total. The molecule has 5 rings (SSSR count). The summed E-state index contributed by atoms with van der Waals surface area (Å²) in [5.41, 5.74) is 5.20. The van der Waals surface area contributed by atoms with Crippen molar-refractivity contribution in [2.45, 2.75) is 6.92 Å². The number of carbonyl (C=O) groups excluding carboxylic acids is 1. The summed E-state index contributed by atoms with van der Waals surface area (Å²) >= 11 is 0. The summed E-state index contributed by atoms with van der Waals surface area (Å²) < 4.78 is 0. The minimum atomic E-state index is -0.181. The summed E-state index contributed by atoms with van der Waals surface area (Å²) in [5.74, 6) is 0.333. The normalized spacial score (nSPS) is 14.3. The second-order valence-corrected chi connectivity index (χ2v) is 8.82. The number of amides is 1. The minimum Gasteiger partial charge on any atom is -0.369 e. The van der Waals surface area contributed by atoms with Crippen molar-refractivity contribution in [3.8, 4) is 11.3 Å². The zero-order valence-corrected chi connectivity index (χ0v) is 20.5. The summed E-state index contributed by atoms with van der Waals surface area (Å²) in [6.45, 7) is 6.03. The fourth-order valence-electron chi connectivity index (χ4n) is 4.26. The molecule has 2 aromatic heterocycles. The predicted octanol–water partition coefficient (Wildman–Crippen LogP) is 4.70. The van der Waals surface area contributed by atoms with E-state index in [1.807, 2.05) is 30.5 Å². The number of hydrogen-bond acceptors (Lipinski definition) is 7. The smallest absolute Gasteiger partial charge is 0.248 e. The molecule has 1 fully saturated rings. The number of rotatable bonds is 6. The van der Waals surface area contributed by atoms with Crippen molar-refractivity contribution >= 4 is 39.8 Å². The van der Waals surface area contributed by atoms with Crippen molar-refractivity contribution in [1.29, 1.82) is 0 Å². The third-order valence-electron chi connectivity index (χ3n) is 6.22. The summed E-state index contributed by atoms with van der Waals surface area (Å²) in [7, 11) is 2.16. The number of anilines is 4. The van der Waals surface area contributed by atoms with E-state index in [1.54, 1.807) is 25.3 Å². The average Bonchev–Trinajstić information content (AvgIpc) is 2.89. The van der Waals surface area contributed by atoms with Crippen LogP contribution in [0, 0.1) is 0 Å². The van der Waals surface area contributed by atoms with Crippen LogP contribution >= 0.6 is 0 Å². The van der Waals surface area contributed by atoms with Gasteiger partial charge >= 0.3 is 0 Å². The second kappa shape index (κ2) is 10.5. The van der Waals surface area contributed by atoms with Crippen molar-refractivity contribution in [3.63, 3.8) is 0 Å². The topological polar surface area (TPSA) is 86.3 Å².